The summed E-state index contributed by atoms with van der Waals surface area (Å²) in [5.41, 5.74) is 1.28. The van der Waals surface area contributed by atoms with Gasteiger partial charge in [-0.25, -0.2) is 4.98 Å². The summed E-state index contributed by atoms with van der Waals surface area (Å²) in [5.74, 6) is 2.86. The molecule has 4 rings (SSSR count). The zero-order valence-electron chi connectivity index (χ0n) is 14.3. The molecule has 0 spiro atoms. The van der Waals surface area contributed by atoms with Crippen LogP contribution in [0, 0.1) is 0 Å². The quantitative estimate of drug-likeness (QED) is 0.846. The highest BCUT2D eigenvalue weighted by Crippen LogP contribution is 2.32. The van der Waals surface area contributed by atoms with Crippen molar-refractivity contribution in [2.45, 2.75) is 44.8 Å². The van der Waals surface area contributed by atoms with Crippen LogP contribution >= 0.6 is 0 Å². The van der Waals surface area contributed by atoms with Crippen molar-refractivity contribution in [3.8, 4) is 11.5 Å². The maximum Gasteiger partial charge on any atom is 0.161 e. The van der Waals surface area contributed by atoms with Gasteiger partial charge in [0.05, 0.1) is 6.54 Å². The van der Waals surface area contributed by atoms with Gasteiger partial charge in [0.15, 0.2) is 11.5 Å². The van der Waals surface area contributed by atoms with Crippen molar-refractivity contribution in [1.82, 2.24) is 14.5 Å². The van der Waals surface area contributed by atoms with E-state index in [1.807, 2.05) is 18.5 Å². The second-order valence-corrected chi connectivity index (χ2v) is 6.78. The van der Waals surface area contributed by atoms with Crippen molar-refractivity contribution in [1.29, 1.82) is 0 Å². The summed E-state index contributed by atoms with van der Waals surface area (Å²) in [5, 5.41) is 0. The molecule has 2 heterocycles. The SMILES string of the molecule is Cn1ccnc1CN(Cc1ccc2c(c1)OCCO2)C1CCCC1. The van der Waals surface area contributed by atoms with Gasteiger partial charge in [-0.3, -0.25) is 4.90 Å². The molecule has 1 fully saturated rings. The Hall–Kier alpha value is -2.01. The Labute approximate surface area is 143 Å². The van der Waals surface area contributed by atoms with Gasteiger partial charge in [-0.05, 0) is 30.5 Å². The van der Waals surface area contributed by atoms with Gasteiger partial charge in [-0.15, -0.1) is 0 Å². The summed E-state index contributed by atoms with van der Waals surface area (Å²) in [7, 11) is 2.07. The zero-order chi connectivity index (χ0) is 16.4. The van der Waals surface area contributed by atoms with Gasteiger partial charge >= 0.3 is 0 Å². The molecule has 1 saturated carbocycles. The van der Waals surface area contributed by atoms with Crippen molar-refractivity contribution >= 4 is 0 Å². The summed E-state index contributed by atoms with van der Waals surface area (Å²) in [6.45, 7) is 3.09. The van der Waals surface area contributed by atoms with Crippen LogP contribution in [0.15, 0.2) is 30.6 Å². The average molecular weight is 327 g/mol. The molecule has 1 aromatic heterocycles. The van der Waals surface area contributed by atoms with E-state index in [2.05, 4.69) is 33.6 Å². The smallest absolute Gasteiger partial charge is 0.161 e. The Morgan fingerprint density at radius 2 is 1.92 bits per heavy atom. The number of imidazole rings is 1. The lowest BCUT2D eigenvalue weighted by atomic mass is 10.1. The first-order chi connectivity index (χ1) is 11.8. The molecule has 5 heteroatoms. The van der Waals surface area contributed by atoms with E-state index in [-0.39, 0.29) is 0 Å². The Morgan fingerprint density at radius 3 is 2.67 bits per heavy atom. The maximum atomic E-state index is 5.74. The van der Waals surface area contributed by atoms with Gasteiger partial charge in [0.1, 0.15) is 19.0 Å². The molecule has 0 bridgehead atoms. The maximum absolute atomic E-state index is 5.74. The van der Waals surface area contributed by atoms with Crippen LogP contribution in [0.1, 0.15) is 37.1 Å². The van der Waals surface area contributed by atoms with Crippen LogP contribution in [0.2, 0.25) is 0 Å². The number of hydrogen-bond acceptors (Lipinski definition) is 4. The number of hydrogen-bond donors (Lipinski definition) is 0. The lowest BCUT2D eigenvalue weighted by molar-refractivity contribution is 0.166. The number of aryl methyl sites for hydroxylation is 1. The monoisotopic (exact) mass is 327 g/mol. The van der Waals surface area contributed by atoms with Crippen LogP contribution in [0.3, 0.4) is 0 Å². The number of aromatic nitrogens is 2. The highest BCUT2D eigenvalue weighted by Gasteiger charge is 2.24. The van der Waals surface area contributed by atoms with E-state index >= 15 is 0 Å². The average Bonchev–Trinajstić information content (AvgIpc) is 3.26. The summed E-state index contributed by atoms with van der Waals surface area (Å²) < 4.78 is 13.5. The molecule has 128 valence electrons. The molecule has 24 heavy (non-hydrogen) atoms. The van der Waals surface area contributed by atoms with Crippen LogP contribution in [-0.4, -0.2) is 33.7 Å². The van der Waals surface area contributed by atoms with E-state index in [4.69, 9.17) is 9.47 Å². The third kappa shape index (κ3) is 3.26. The summed E-state index contributed by atoms with van der Waals surface area (Å²) in [4.78, 5) is 7.09. The van der Waals surface area contributed by atoms with Gasteiger partial charge in [0, 0.05) is 32.0 Å². The first-order valence-electron chi connectivity index (χ1n) is 8.88. The minimum atomic E-state index is 0.635. The highest BCUT2D eigenvalue weighted by molar-refractivity contribution is 5.43. The van der Waals surface area contributed by atoms with Crippen molar-refractivity contribution in [3.63, 3.8) is 0 Å². The fourth-order valence-corrected chi connectivity index (χ4v) is 3.73. The Kier molecular flexibility index (Phi) is 4.43. The second kappa shape index (κ2) is 6.85. The lowest BCUT2D eigenvalue weighted by Gasteiger charge is -2.29. The van der Waals surface area contributed by atoms with Gasteiger partial charge in [-0.2, -0.15) is 0 Å². The van der Waals surface area contributed by atoms with Gasteiger partial charge < -0.3 is 14.0 Å². The largest absolute Gasteiger partial charge is 0.486 e. The first-order valence-corrected chi connectivity index (χ1v) is 8.88. The normalized spacial score (nSPS) is 17.6. The van der Waals surface area contributed by atoms with Crippen LogP contribution in [0.25, 0.3) is 0 Å². The molecule has 1 aliphatic carbocycles. The molecule has 0 N–H and O–H groups in total. The number of nitrogens with zero attached hydrogens (tertiary/aromatic N) is 3. The van der Waals surface area contributed by atoms with E-state index in [1.54, 1.807) is 0 Å². The molecule has 0 atom stereocenters. The predicted molar refractivity (Wildman–Crippen MR) is 92.1 cm³/mol. The molecule has 2 aliphatic rings. The highest BCUT2D eigenvalue weighted by atomic mass is 16.6. The van der Waals surface area contributed by atoms with Gasteiger partial charge in [-0.1, -0.05) is 18.9 Å². The minimum Gasteiger partial charge on any atom is -0.486 e. The topological polar surface area (TPSA) is 39.5 Å². The zero-order valence-corrected chi connectivity index (χ0v) is 14.3. The van der Waals surface area contributed by atoms with E-state index < -0.39 is 0 Å². The fourth-order valence-electron chi connectivity index (χ4n) is 3.73. The van der Waals surface area contributed by atoms with Crippen molar-refractivity contribution in [2.75, 3.05) is 13.2 Å². The first kappa shape index (κ1) is 15.5. The molecular weight excluding hydrogens is 302 g/mol. The minimum absolute atomic E-state index is 0.635. The molecule has 0 amide bonds. The van der Waals surface area contributed by atoms with Crippen LogP contribution in [0.5, 0.6) is 11.5 Å². The van der Waals surface area contributed by atoms with Crippen LogP contribution in [-0.2, 0) is 20.1 Å². The molecule has 0 saturated heterocycles. The van der Waals surface area contributed by atoms with E-state index in [9.17, 15) is 0 Å². The third-order valence-corrected chi connectivity index (χ3v) is 5.10. The number of fused-ring (bicyclic) bond motifs is 1. The standard InChI is InChI=1S/C19H25N3O2/c1-21-9-8-20-19(21)14-22(16-4-2-3-5-16)13-15-6-7-17-18(12-15)24-11-10-23-17/h6-9,12,16H,2-5,10-11,13-14H2,1H3. The number of rotatable bonds is 5. The lowest BCUT2D eigenvalue weighted by Crippen LogP contribution is -2.33. The predicted octanol–water partition coefficient (Wildman–Crippen LogP) is 3.14. The molecule has 0 radical (unpaired) electrons. The number of ether oxygens (including phenoxy) is 2. The molecule has 1 aliphatic heterocycles. The summed E-state index contributed by atoms with van der Waals surface area (Å²) >= 11 is 0. The Bertz CT molecular complexity index is 692. The Morgan fingerprint density at radius 1 is 1.12 bits per heavy atom. The second-order valence-electron chi connectivity index (χ2n) is 6.78. The van der Waals surface area contributed by atoms with Crippen LogP contribution in [0.4, 0.5) is 0 Å². The van der Waals surface area contributed by atoms with Crippen molar-refractivity contribution in [3.05, 3.63) is 42.0 Å². The third-order valence-electron chi connectivity index (χ3n) is 5.10. The van der Waals surface area contributed by atoms with Gasteiger partial charge in [0.2, 0.25) is 0 Å². The van der Waals surface area contributed by atoms with Crippen molar-refractivity contribution < 1.29 is 9.47 Å². The van der Waals surface area contributed by atoms with Gasteiger partial charge in [0.25, 0.3) is 0 Å². The molecule has 5 nitrogen and oxygen atoms in total. The summed E-state index contributed by atoms with van der Waals surface area (Å²) in [6.07, 6.45) is 9.15. The van der Waals surface area contributed by atoms with Crippen LogP contribution < -0.4 is 9.47 Å². The van der Waals surface area contributed by atoms with E-state index in [1.165, 1.54) is 31.2 Å². The summed E-state index contributed by atoms with van der Waals surface area (Å²) in [6, 6.07) is 6.98. The fraction of sp³-hybridized carbons (Fsp3) is 0.526. The van der Waals surface area contributed by atoms with Crippen molar-refractivity contribution in [2.24, 2.45) is 7.05 Å². The molecular formula is C19H25N3O2. The molecule has 2 aromatic rings. The molecule has 1 aromatic carbocycles. The van der Waals surface area contributed by atoms with E-state index in [0.717, 1.165) is 30.4 Å². The molecule has 0 unspecified atom stereocenters. The Balaban J connectivity index is 1.53. The number of benzene rings is 1. The van der Waals surface area contributed by atoms with E-state index in [0.29, 0.717) is 19.3 Å².